The van der Waals surface area contributed by atoms with Crippen molar-refractivity contribution in [3.63, 3.8) is 0 Å². The molecule has 1 aromatic carbocycles. The van der Waals surface area contributed by atoms with Gasteiger partial charge in [0, 0.05) is 40.5 Å². The first-order chi connectivity index (χ1) is 8.40. The number of aromatic nitrogens is 1. The van der Waals surface area contributed by atoms with Gasteiger partial charge in [-0.2, -0.15) is 0 Å². The number of benzene rings is 1. The van der Waals surface area contributed by atoms with E-state index in [1.807, 2.05) is 10.6 Å². The van der Waals surface area contributed by atoms with Gasteiger partial charge in [-0.25, -0.2) is 8.42 Å². The highest BCUT2D eigenvalue weighted by molar-refractivity contribution is 7.90. The van der Waals surface area contributed by atoms with Gasteiger partial charge in [0.05, 0.1) is 12.4 Å². The number of sulfone groups is 1. The maximum Gasteiger partial charge on any atom is 0.149 e. The molecular weight excluding hydrogens is 274 g/mol. The van der Waals surface area contributed by atoms with Gasteiger partial charge >= 0.3 is 0 Å². The summed E-state index contributed by atoms with van der Waals surface area (Å²) < 4.78 is 24.2. The van der Waals surface area contributed by atoms with Gasteiger partial charge in [0.1, 0.15) is 9.84 Å². The number of fused-ring (bicyclic) bond motifs is 1. The number of rotatable bonds is 4. The smallest absolute Gasteiger partial charge is 0.149 e. The van der Waals surface area contributed by atoms with Crippen LogP contribution in [0.2, 0.25) is 5.02 Å². The minimum Gasteiger partial charge on any atom is -0.392 e. The second kappa shape index (κ2) is 4.91. The van der Waals surface area contributed by atoms with Gasteiger partial charge in [-0.3, -0.25) is 0 Å². The van der Waals surface area contributed by atoms with Crippen LogP contribution in [0.4, 0.5) is 0 Å². The number of nitrogens with zero attached hydrogens (tertiary/aromatic N) is 1. The summed E-state index contributed by atoms with van der Waals surface area (Å²) in [6, 6.07) is 5.36. The Morgan fingerprint density at radius 3 is 2.72 bits per heavy atom. The third-order valence-corrected chi connectivity index (χ3v) is 3.96. The maximum absolute atomic E-state index is 11.2. The number of aliphatic hydroxyl groups excluding tert-OH is 1. The fourth-order valence-corrected chi connectivity index (χ4v) is 2.61. The van der Waals surface area contributed by atoms with E-state index in [9.17, 15) is 13.5 Å². The van der Waals surface area contributed by atoms with Crippen molar-refractivity contribution >= 4 is 32.3 Å². The van der Waals surface area contributed by atoms with Crippen LogP contribution >= 0.6 is 11.6 Å². The summed E-state index contributed by atoms with van der Waals surface area (Å²) in [5.74, 6) is 0.0637. The Bertz CT molecular complexity index is 676. The van der Waals surface area contributed by atoms with Crippen LogP contribution in [-0.4, -0.2) is 30.1 Å². The molecule has 0 radical (unpaired) electrons. The Balaban J connectivity index is 2.46. The molecule has 0 aliphatic heterocycles. The molecule has 0 amide bonds. The quantitative estimate of drug-likeness (QED) is 0.933. The number of hydrogen-bond donors (Lipinski definition) is 1. The van der Waals surface area contributed by atoms with Crippen molar-refractivity contribution in [3.05, 3.63) is 35.0 Å². The second-order valence-electron chi connectivity index (χ2n) is 4.30. The van der Waals surface area contributed by atoms with Crippen LogP contribution in [0.5, 0.6) is 0 Å². The van der Waals surface area contributed by atoms with Crippen LogP contribution < -0.4 is 0 Å². The summed E-state index contributed by atoms with van der Waals surface area (Å²) in [5.41, 5.74) is 1.62. The second-order valence-corrected chi connectivity index (χ2v) is 6.99. The number of halogens is 1. The summed E-state index contributed by atoms with van der Waals surface area (Å²) in [6.07, 6.45) is 2.98. The van der Waals surface area contributed by atoms with E-state index >= 15 is 0 Å². The predicted molar refractivity (Wildman–Crippen MR) is 72.6 cm³/mol. The molecule has 1 heterocycles. The lowest BCUT2D eigenvalue weighted by molar-refractivity contribution is 0.283. The highest BCUT2D eigenvalue weighted by Crippen LogP contribution is 2.25. The lowest BCUT2D eigenvalue weighted by Crippen LogP contribution is -2.10. The van der Waals surface area contributed by atoms with Crippen LogP contribution in [0, 0.1) is 0 Å². The SMILES string of the molecule is CS(=O)(=O)CCn1cc(CO)c2ccc(Cl)cc21. The van der Waals surface area contributed by atoms with E-state index in [0.29, 0.717) is 11.6 Å². The molecule has 98 valence electrons. The van der Waals surface area contributed by atoms with Gasteiger partial charge in [0.15, 0.2) is 0 Å². The van der Waals surface area contributed by atoms with Crippen molar-refractivity contribution in [2.75, 3.05) is 12.0 Å². The summed E-state index contributed by atoms with van der Waals surface area (Å²) in [6.45, 7) is 0.277. The van der Waals surface area contributed by atoms with E-state index < -0.39 is 9.84 Å². The third kappa shape index (κ3) is 2.85. The molecule has 0 saturated carbocycles. The van der Waals surface area contributed by atoms with Crippen LogP contribution in [-0.2, 0) is 23.0 Å². The predicted octanol–water partition coefficient (Wildman–Crippen LogP) is 1.83. The van der Waals surface area contributed by atoms with E-state index in [-0.39, 0.29) is 12.4 Å². The molecule has 0 fully saturated rings. The maximum atomic E-state index is 11.2. The van der Waals surface area contributed by atoms with E-state index in [1.165, 1.54) is 6.26 Å². The largest absolute Gasteiger partial charge is 0.392 e. The lowest BCUT2D eigenvalue weighted by atomic mass is 10.2. The normalized spacial score (nSPS) is 12.2. The Morgan fingerprint density at radius 2 is 2.11 bits per heavy atom. The molecule has 0 unspecified atom stereocenters. The van der Waals surface area contributed by atoms with Gasteiger partial charge in [-0.05, 0) is 12.1 Å². The zero-order valence-electron chi connectivity index (χ0n) is 9.93. The molecule has 1 aromatic heterocycles. The molecule has 0 saturated heterocycles. The Kier molecular flexibility index (Phi) is 3.66. The van der Waals surface area contributed by atoms with Gasteiger partial charge in [0.2, 0.25) is 0 Å². The van der Waals surface area contributed by atoms with Crippen LogP contribution in [0.25, 0.3) is 10.9 Å². The molecule has 4 nitrogen and oxygen atoms in total. The molecule has 18 heavy (non-hydrogen) atoms. The Morgan fingerprint density at radius 1 is 1.39 bits per heavy atom. The molecule has 2 aromatic rings. The van der Waals surface area contributed by atoms with Crippen molar-refractivity contribution in [3.8, 4) is 0 Å². The molecule has 6 heteroatoms. The van der Waals surface area contributed by atoms with Crippen molar-refractivity contribution < 1.29 is 13.5 Å². The van der Waals surface area contributed by atoms with Gasteiger partial charge in [-0.1, -0.05) is 17.7 Å². The van der Waals surface area contributed by atoms with Crippen molar-refractivity contribution in [1.29, 1.82) is 0 Å². The highest BCUT2D eigenvalue weighted by atomic mass is 35.5. The van der Waals surface area contributed by atoms with Gasteiger partial charge in [0.25, 0.3) is 0 Å². The Labute approximate surface area is 111 Å². The van der Waals surface area contributed by atoms with Gasteiger partial charge in [-0.15, -0.1) is 0 Å². The minimum atomic E-state index is -3.01. The molecule has 1 N–H and O–H groups in total. The summed E-state index contributed by atoms with van der Waals surface area (Å²) in [5, 5.41) is 10.8. The summed E-state index contributed by atoms with van der Waals surface area (Å²) in [4.78, 5) is 0. The van der Waals surface area contributed by atoms with Crippen LogP contribution in [0.3, 0.4) is 0 Å². The molecule has 0 aliphatic rings. The molecule has 0 bridgehead atoms. The molecule has 2 rings (SSSR count). The monoisotopic (exact) mass is 287 g/mol. The summed E-state index contributed by atoms with van der Waals surface area (Å²) in [7, 11) is -3.01. The van der Waals surface area contributed by atoms with Crippen molar-refractivity contribution in [1.82, 2.24) is 4.57 Å². The van der Waals surface area contributed by atoms with Crippen molar-refractivity contribution in [2.45, 2.75) is 13.2 Å². The number of aryl methyl sites for hydroxylation is 1. The molecule has 0 spiro atoms. The number of aliphatic hydroxyl groups is 1. The van der Waals surface area contributed by atoms with E-state index in [1.54, 1.807) is 18.3 Å². The first-order valence-electron chi connectivity index (χ1n) is 5.46. The molecular formula is C12H14ClNO3S. The third-order valence-electron chi connectivity index (χ3n) is 2.80. The lowest BCUT2D eigenvalue weighted by Gasteiger charge is -2.04. The average Bonchev–Trinajstić information content (AvgIpc) is 2.63. The highest BCUT2D eigenvalue weighted by Gasteiger charge is 2.10. The fraction of sp³-hybridized carbons (Fsp3) is 0.333. The zero-order chi connectivity index (χ0) is 13.3. The van der Waals surface area contributed by atoms with E-state index in [0.717, 1.165) is 16.5 Å². The van der Waals surface area contributed by atoms with Crippen LogP contribution in [0.1, 0.15) is 5.56 Å². The van der Waals surface area contributed by atoms with E-state index in [4.69, 9.17) is 11.6 Å². The molecule has 0 atom stereocenters. The number of hydrogen-bond acceptors (Lipinski definition) is 3. The molecule has 0 aliphatic carbocycles. The summed E-state index contributed by atoms with van der Waals surface area (Å²) >= 11 is 5.94. The average molecular weight is 288 g/mol. The van der Waals surface area contributed by atoms with Gasteiger partial charge < -0.3 is 9.67 Å². The first kappa shape index (κ1) is 13.4. The minimum absolute atomic E-state index is 0.0637. The van der Waals surface area contributed by atoms with Crippen LogP contribution in [0.15, 0.2) is 24.4 Å². The first-order valence-corrected chi connectivity index (χ1v) is 7.90. The fourth-order valence-electron chi connectivity index (χ4n) is 1.92. The van der Waals surface area contributed by atoms with E-state index in [2.05, 4.69) is 0 Å². The standard InChI is InChI=1S/C12H14ClNO3S/c1-18(16,17)5-4-14-7-9(8-15)11-3-2-10(13)6-12(11)14/h2-3,6-7,15H,4-5,8H2,1H3. The van der Waals surface area contributed by atoms with Crippen molar-refractivity contribution in [2.24, 2.45) is 0 Å². The zero-order valence-corrected chi connectivity index (χ0v) is 11.5. The Hall–Kier alpha value is -1.04. The topological polar surface area (TPSA) is 59.3 Å².